The second kappa shape index (κ2) is 8.39. The van der Waals surface area contributed by atoms with Crippen molar-refractivity contribution in [1.82, 2.24) is 5.32 Å². The molecule has 0 aliphatic carbocycles. The molecule has 25 heavy (non-hydrogen) atoms. The zero-order chi connectivity index (χ0) is 18.4. The van der Waals surface area contributed by atoms with E-state index in [1.54, 1.807) is 36.4 Å². The topological polar surface area (TPSA) is 93.5 Å². The molecule has 2 rings (SSSR count). The predicted octanol–water partition coefficient (Wildman–Crippen LogP) is 3.76. The second-order valence-corrected chi connectivity index (χ2v) is 6.18. The van der Waals surface area contributed by atoms with Crippen molar-refractivity contribution in [2.75, 3.05) is 5.32 Å². The van der Waals surface area contributed by atoms with E-state index in [9.17, 15) is 9.59 Å². The van der Waals surface area contributed by atoms with Gasteiger partial charge in [-0.15, -0.1) is 0 Å². The molecule has 6 nitrogen and oxygen atoms in total. The van der Waals surface area contributed by atoms with Gasteiger partial charge in [-0.2, -0.15) is 0 Å². The number of halogens is 1. The SMILES string of the molecule is CC(C)[C@H](NC(N)=O)C(=O)Nc1ccc(Oc2ccccc2Cl)cc1. The number of nitrogens with two attached hydrogens (primary N) is 1. The molecule has 0 bridgehead atoms. The maximum Gasteiger partial charge on any atom is 0.312 e. The molecule has 132 valence electrons. The van der Waals surface area contributed by atoms with Crippen LogP contribution in [0.3, 0.4) is 0 Å². The van der Waals surface area contributed by atoms with Crippen LogP contribution in [-0.2, 0) is 4.79 Å². The molecule has 0 aliphatic heterocycles. The average Bonchev–Trinajstić information content (AvgIpc) is 2.56. The van der Waals surface area contributed by atoms with Crippen LogP contribution < -0.4 is 21.1 Å². The Morgan fingerprint density at radius 3 is 2.28 bits per heavy atom. The summed E-state index contributed by atoms with van der Waals surface area (Å²) in [5, 5.41) is 5.69. The highest BCUT2D eigenvalue weighted by Gasteiger charge is 2.23. The number of rotatable bonds is 6. The van der Waals surface area contributed by atoms with E-state index < -0.39 is 12.1 Å². The van der Waals surface area contributed by atoms with E-state index in [-0.39, 0.29) is 11.8 Å². The number of hydrogen-bond donors (Lipinski definition) is 3. The molecular weight excluding hydrogens is 342 g/mol. The van der Waals surface area contributed by atoms with Crippen LogP contribution in [0.2, 0.25) is 5.02 Å². The number of hydrogen-bond acceptors (Lipinski definition) is 3. The summed E-state index contributed by atoms with van der Waals surface area (Å²) >= 11 is 6.05. The van der Waals surface area contributed by atoms with Gasteiger partial charge >= 0.3 is 6.03 Å². The summed E-state index contributed by atoms with van der Waals surface area (Å²) < 4.78 is 5.69. The van der Waals surface area contributed by atoms with Crippen LogP contribution >= 0.6 is 11.6 Å². The molecule has 0 spiro atoms. The third kappa shape index (κ3) is 5.39. The number of carbonyl (C=O) groups excluding carboxylic acids is 2. The van der Waals surface area contributed by atoms with Gasteiger partial charge in [-0.1, -0.05) is 37.6 Å². The van der Waals surface area contributed by atoms with Gasteiger partial charge in [-0.3, -0.25) is 4.79 Å². The molecule has 0 unspecified atom stereocenters. The number of anilines is 1. The summed E-state index contributed by atoms with van der Waals surface area (Å²) in [6, 6.07) is 12.5. The molecule has 0 aliphatic rings. The van der Waals surface area contributed by atoms with Crippen molar-refractivity contribution in [3.63, 3.8) is 0 Å². The Kier molecular flexibility index (Phi) is 6.25. The summed E-state index contributed by atoms with van der Waals surface area (Å²) in [6.45, 7) is 3.64. The lowest BCUT2D eigenvalue weighted by Crippen LogP contribution is -2.49. The van der Waals surface area contributed by atoms with Crippen LogP contribution in [0.4, 0.5) is 10.5 Å². The molecule has 7 heteroatoms. The van der Waals surface area contributed by atoms with Crippen LogP contribution in [-0.4, -0.2) is 18.0 Å². The van der Waals surface area contributed by atoms with E-state index in [0.29, 0.717) is 22.2 Å². The quantitative estimate of drug-likeness (QED) is 0.731. The average molecular weight is 362 g/mol. The molecule has 0 aromatic heterocycles. The van der Waals surface area contributed by atoms with Crippen molar-refractivity contribution in [2.24, 2.45) is 11.7 Å². The van der Waals surface area contributed by atoms with Gasteiger partial charge in [0, 0.05) is 5.69 Å². The van der Waals surface area contributed by atoms with Crippen molar-refractivity contribution in [2.45, 2.75) is 19.9 Å². The van der Waals surface area contributed by atoms with E-state index in [2.05, 4.69) is 10.6 Å². The van der Waals surface area contributed by atoms with E-state index in [1.165, 1.54) is 0 Å². The smallest absolute Gasteiger partial charge is 0.312 e. The molecule has 1 atom stereocenters. The minimum Gasteiger partial charge on any atom is -0.456 e. The first-order valence-corrected chi connectivity index (χ1v) is 8.14. The number of amides is 3. The van der Waals surface area contributed by atoms with E-state index in [0.717, 1.165) is 0 Å². The van der Waals surface area contributed by atoms with Crippen molar-refractivity contribution in [3.8, 4) is 11.5 Å². The lowest BCUT2D eigenvalue weighted by atomic mass is 10.0. The summed E-state index contributed by atoms with van der Waals surface area (Å²) in [7, 11) is 0. The fraction of sp³-hybridized carbons (Fsp3) is 0.222. The van der Waals surface area contributed by atoms with Crippen molar-refractivity contribution in [3.05, 3.63) is 53.6 Å². The summed E-state index contributed by atoms with van der Waals surface area (Å²) in [5.41, 5.74) is 5.69. The van der Waals surface area contributed by atoms with Gasteiger partial charge in [0.15, 0.2) is 0 Å². The van der Waals surface area contributed by atoms with E-state index in [1.807, 2.05) is 26.0 Å². The Morgan fingerprint density at radius 2 is 1.72 bits per heavy atom. The van der Waals surface area contributed by atoms with Gasteiger partial charge in [0.05, 0.1) is 5.02 Å². The maximum atomic E-state index is 12.3. The van der Waals surface area contributed by atoms with Gasteiger partial charge in [0.2, 0.25) is 5.91 Å². The standard InChI is InChI=1S/C18H20ClN3O3/c1-11(2)16(22-18(20)24)17(23)21-12-7-9-13(10-8-12)25-15-6-4-3-5-14(15)19/h3-11,16H,1-2H3,(H,21,23)(H3,20,22,24)/t16-/m0/s1. The van der Waals surface area contributed by atoms with Gasteiger partial charge in [0.25, 0.3) is 0 Å². The number of urea groups is 1. The Balaban J connectivity index is 2.03. The second-order valence-electron chi connectivity index (χ2n) is 5.78. The minimum absolute atomic E-state index is 0.102. The molecule has 0 radical (unpaired) electrons. The molecule has 3 amide bonds. The molecule has 0 fully saturated rings. The first kappa shape index (κ1) is 18.6. The third-order valence-electron chi connectivity index (χ3n) is 3.43. The summed E-state index contributed by atoms with van der Waals surface area (Å²) in [6.07, 6.45) is 0. The highest BCUT2D eigenvalue weighted by molar-refractivity contribution is 6.32. The monoisotopic (exact) mass is 361 g/mol. The van der Waals surface area contributed by atoms with Crippen molar-refractivity contribution in [1.29, 1.82) is 0 Å². The maximum absolute atomic E-state index is 12.3. The molecule has 4 N–H and O–H groups in total. The Morgan fingerprint density at radius 1 is 1.08 bits per heavy atom. The molecule has 0 saturated carbocycles. The van der Waals surface area contributed by atoms with Gasteiger partial charge in [0.1, 0.15) is 17.5 Å². The van der Waals surface area contributed by atoms with Crippen molar-refractivity contribution < 1.29 is 14.3 Å². The molecular formula is C18H20ClN3O3. The van der Waals surface area contributed by atoms with Crippen LogP contribution in [0.25, 0.3) is 0 Å². The summed E-state index contributed by atoms with van der Waals surface area (Å²) in [4.78, 5) is 23.3. The molecule has 0 saturated heterocycles. The van der Waals surface area contributed by atoms with Crippen molar-refractivity contribution >= 4 is 29.2 Å². The van der Waals surface area contributed by atoms with Crippen LogP contribution in [0.1, 0.15) is 13.8 Å². The number of carbonyl (C=O) groups is 2. The molecule has 2 aromatic rings. The number of para-hydroxylation sites is 1. The van der Waals surface area contributed by atoms with Crippen LogP contribution in [0.5, 0.6) is 11.5 Å². The largest absolute Gasteiger partial charge is 0.456 e. The summed E-state index contributed by atoms with van der Waals surface area (Å²) in [5.74, 6) is 0.692. The lowest BCUT2D eigenvalue weighted by molar-refractivity contribution is -0.118. The first-order valence-electron chi connectivity index (χ1n) is 7.76. The normalized spacial score (nSPS) is 11.7. The van der Waals surface area contributed by atoms with E-state index in [4.69, 9.17) is 22.1 Å². The fourth-order valence-electron chi connectivity index (χ4n) is 2.17. The number of benzene rings is 2. The Bertz CT molecular complexity index is 747. The number of nitrogens with one attached hydrogen (secondary N) is 2. The van der Waals surface area contributed by atoms with E-state index >= 15 is 0 Å². The first-order chi connectivity index (χ1) is 11.9. The highest BCUT2D eigenvalue weighted by Crippen LogP contribution is 2.29. The van der Waals surface area contributed by atoms with Crippen LogP contribution in [0.15, 0.2) is 48.5 Å². The zero-order valence-electron chi connectivity index (χ0n) is 14.0. The predicted molar refractivity (Wildman–Crippen MR) is 97.9 cm³/mol. The molecule has 0 heterocycles. The Hall–Kier alpha value is -2.73. The van der Waals surface area contributed by atoms with Crippen LogP contribution in [0, 0.1) is 5.92 Å². The van der Waals surface area contributed by atoms with Gasteiger partial charge in [-0.05, 0) is 42.3 Å². The third-order valence-corrected chi connectivity index (χ3v) is 3.75. The number of ether oxygens (including phenoxy) is 1. The lowest BCUT2D eigenvalue weighted by Gasteiger charge is -2.20. The number of primary amides is 1. The fourth-order valence-corrected chi connectivity index (χ4v) is 2.34. The van der Waals surface area contributed by atoms with Gasteiger partial charge in [-0.25, -0.2) is 4.79 Å². The van der Waals surface area contributed by atoms with Gasteiger partial charge < -0.3 is 21.1 Å². The highest BCUT2D eigenvalue weighted by atomic mass is 35.5. The molecule has 2 aromatic carbocycles. The Labute approximate surface area is 151 Å². The minimum atomic E-state index is -0.739. The zero-order valence-corrected chi connectivity index (χ0v) is 14.7.